The van der Waals surface area contributed by atoms with Crippen LogP contribution in [0.4, 0.5) is 8.78 Å². The number of carbonyl (C=O) groups is 1. The molecule has 0 heterocycles. The van der Waals surface area contributed by atoms with Crippen LogP contribution in [0.25, 0.3) is 0 Å². The number of hydrogen-bond donors (Lipinski definition) is 2. The fourth-order valence-corrected chi connectivity index (χ4v) is 2.03. The second-order valence-electron chi connectivity index (χ2n) is 5.23. The molecule has 1 aromatic carbocycles. The molecule has 2 unspecified atom stereocenters. The van der Waals surface area contributed by atoms with Crippen LogP contribution in [-0.4, -0.2) is 23.7 Å². The minimum absolute atomic E-state index is 0.113. The summed E-state index contributed by atoms with van der Waals surface area (Å²) in [4.78, 5) is 11.6. The molecule has 0 aliphatic rings. The second kappa shape index (κ2) is 7.94. The summed E-state index contributed by atoms with van der Waals surface area (Å²) in [6, 6.07) is 3.22. The quantitative estimate of drug-likeness (QED) is 0.808. The minimum Gasteiger partial charge on any atom is -0.393 e. The number of nitrogens with one attached hydrogen (secondary N) is 1. The van der Waals surface area contributed by atoms with Crippen molar-refractivity contribution in [3.8, 4) is 0 Å². The number of halogens is 2. The molecule has 2 N–H and O–H groups in total. The van der Waals surface area contributed by atoms with Crippen molar-refractivity contribution in [2.24, 2.45) is 5.92 Å². The van der Waals surface area contributed by atoms with Crippen LogP contribution in [0.2, 0.25) is 0 Å². The molecule has 0 aromatic heterocycles. The Morgan fingerprint density at radius 2 is 2.05 bits per heavy atom. The number of amides is 1. The SMILES string of the molecule is CC(O)CC(C)CNC(=O)CCc1cc(F)ccc1F. The normalized spacial score (nSPS) is 13.8. The first-order valence-corrected chi connectivity index (χ1v) is 6.77. The molecule has 0 aliphatic heterocycles. The first-order valence-electron chi connectivity index (χ1n) is 6.77. The number of benzene rings is 1. The molecular formula is C15H21F2NO2. The van der Waals surface area contributed by atoms with E-state index >= 15 is 0 Å². The van der Waals surface area contributed by atoms with Crippen LogP contribution in [0.1, 0.15) is 32.3 Å². The smallest absolute Gasteiger partial charge is 0.220 e. The fraction of sp³-hybridized carbons (Fsp3) is 0.533. The fourth-order valence-electron chi connectivity index (χ4n) is 2.03. The maximum Gasteiger partial charge on any atom is 0.220 e. The zero-order valence-corrected chi connectivity index (χ0v) is 11.8. The van der Waals surface area contributed by atoms with Crippen molar-refractivity contribution in [2.45, 2.75) is 39.2 Å². The summed E-state index contributed by atoms with van der Waals surface area (Å²) in [5.74, 6) is -1.04. The largest absolute Gasteiger partial charge is 0.393 e. The Balaban J connectivity index is 2.34. The minimum atomic E-state index is -0.507. The third kappa shape index (κ3) is 6.10. The average Bonchev–Trinajstić information content (AvgIpc) is 2.36. The number of rotatable bonds is 7. The zero-order valence-electron chi connectivity index (χ0n) is 11.8. The van der Waals surface area contributed by atoms with E-state index in [2.05, 4.69) is 5.32 Å². The molecule has 0 saturated heterocycles. The summed E-state index contributed by atoms with van der Waals surface area (Å²) < 4.78 is 26.3. The molecule has 0 spiro atoms. The van der Waals surface area contributed by atoms with Gasteiger partial charge in [-0.05, 0) is 49.4 Å². The third-order valence-corrected chi connectivity index (χ3v) is 3.02. The van der Waals surface area contributed by atoms with E-state index in [4.69, 9.17) is 0 Å². The van der Waals surface area contributed by atoms with Crippen LogP contribution in [0, 0.1) is 17.6 Å². The maximum absolute atomic E-state index is 13.4. The van der Waals surface area contributed by atoms with E-state index in [1.165, 1.54) is 0 Å². The summed E-state index contributed by atoms with van der Waals surface area (Å²) >= 11 is 0. The van der Waals surface area contributed by atoms with Gasteiger partial charge in [-0.15, -0.1) is 0 Å². The lowest BCUT2D eigenvalue weighted by Gasteiger charge is -2.14. The Labute approximate surface area is 118 Å². The van der Waals surface area contributed by atoms with Gasteiger partial charge in [0.15, 0.2) is 0 Å². The number of aliphatic hydroxyl groups excluding tert-OH is 1. The highest BCUT2D eigenvalue weighted by Gasteiger charge is 2.10. The van der Waals surface area contributed by atoms with Crippen molar-refractivity contribution in [3.05, 3.63) is 35.4 Å². The molecular weight excluding hydrogens is 264 g/mol. The van der Waals surface area contributed by atoms with Gasteiger partial charge in [-0.1, -0.05) is 6.92 Å². The van der Waals surface area contributed by atoms with Gasteiger partial charge < -0.3 is 10.4 Å². The average molecular weight is 285 g/mol. The first kappa shape index (κ1) is 16.6. The van der Waals surface area contributed by atoms with Crippen LogP contribution in [-0.2, 0) is 11.2 Å². The van der Waals surface area contributed by atoms with Gasteiger partial charge >= 0.3 is 0 Å². The number of aryl methyl sites for hydroxylation is 1. The van der Waals surface area contributed by atoms with E-state index in [1.807, 2.05) is 6.92 Å². The second-order valence-corrected chi connectivity index (χ2v) is 5.23. The van der Waals surface area contributed by atoms with E-state index in [-0.39, 0.29) is 30.2 Å². The monoisotopic (exact) mass is 285 g/mol. The lowest BCUT2D eigenvalue weighted by atomic mass is 10.0. The summed E-state index contributed by atoms with van der Waals surface area (Å²) in [5.41, 5.74) is 0.206. The Bertz CT molecular complexity index is 449. The van der Waals surface area contributed by atoms with E-state index < -0.39 is 17.7 Å². The summed E-state index contributed by atoms with van der Waals surface area (Å²) in [5, 5.41) is 11.9. The Hall–Kier alpha value is -1.49. The summed E-state index contributed by atoms with van der Waals surface area (Å²) in [6.45, 7) is 4.10. The van der Waals surface area contributed by atoms with Crippen molar-refractivity contribution >= 4 is 5.91 Å². The van der Waals surface area contributed by atoms with Crippen molar-refractivity contribution < 1.29 is 18.7 Å². The van der Waals surface area contributed by atoms with Gasteiger partial charge in [0.2, 0.25) is 5.91 Å². The Morgan fingerprint density at radius 3 is 2.70 bits per heavy atom. The topological polar surface area (TPSA) is 49.3 Å². The molecule has 20 heavy (non-hydrogen) atoms. The van der Waals surface area contributed by atoms with Crippen molar-refractivity contribution in [3.63, 3.8) is 0 Å². The predicted molar refractivity (Wildman–Crippen MR) is 73.2 cm³/mol. The lowest BCUT2D eigenvalue weighted by molar-refractivity contribution is -0.121. The van der Waals surface area contributed by atoms with Crippen molar-refractivity contribution in [1.29, 1.82) is 0 Å². The standard InChI is InChI=1S/C15H21F2NO2/c1-10(7-11(2)19)9-18-15(20)6-3-12-8-13(16)4-5-14(12)17/h4-5,8,10-11,19H,3,6-7,9H2,1-2H3,(H,18,20). The van der Waals surface area contributed by atoms with E-state index in [9.17, 15) is 18.7 Å². The van der Waals surface area contributed by atoms with Gasteiger partial charge in [-0.3, -0.25) is 4.79 Å². The van der Waals surface area contributed by atoms with Gasteiger partial charge in [0.25, 0.3) is 0 Å². The van der Waals surface area contributed by atoms with E-state index in [0.717, 1.165) is 18.2 Å². The third-order valence-electron chi connectivity index (χ3n) is 3.02. The van der Waals surface area contributed by atoms with Gasteiger partial charge in [0.05, 0.1) is 6.10 Å². The summed E-state index contributed by atoms with van der Waals surface area (Å²) in [7, 11) is 0. The molecule has 3 nitrogen and oxygen atoms in total. The van der Waals surface area contributed by atoms with E-state index in [1.54, 1.807) is 6.92 Å². The molecule has 0 fully saturated rings. The maximum atomic E-state index is 13.4. The molecule has 5 heteroatoms. The number of carbonyl (C=O) groups excluding carboxylic acids is 1. The first-order chi connectivity index (χ1) is 9.38. The molecule has 0 bridgehead atoms. The molecule has 0 saturated carbocycles. The van der Waals surface area contributed by atoms with Crippen LogP contribution >= 0.6 is 0 Å². The molecule has 112 valence electrons. The molecule has 1 rings (SSSR count). The highest BCUT2D eigenvalue weighted by Crippen LogP contribution is 2.12. The van der Waals surface area contributed by atoms with Crippen LogP contribution in [0.5, 0.6) is 0 Å². The van der Waals surface area contributed by atoms with Gasteiger partial charge in [-0.25, -0.2) is 8.78 Å². The van der Waals surface area contributed by atoms with E-state index in [0.29, 0.717) is 13.0 Å². The number of hydrogen-bond acceptors (Lipinski definition) is 2. The zero-order chi connectivity index (χ0) is 15.1. The van der Waals surface area contributed by atoms with Gasteiger partial charge in [-0.2, -0.15) is 0 Å². The molecule has 1 aromatic rings. The number of aliphatic hydroxyl groups is 1. The molecule has 0 radical (unpaired) electrons. The lowest BCUT2D eigenvalue weighted by Crippen LogP contribution is -2.29. The Kier molecular flexibility index (Phi) is 6.58. The highest BCUT2D eigenvalue weighted by molar-refractivity contribution is 5.76. The Morgan fingerprint density at radius 1 is 1.35 bits per heavy atom. The highest BCUT2D eigenvalue weighted by atomic mass is 19.1. The van der Waals surface area contributed by atoms with Crippen LogP contribution < -0.4 is 5.32 Å². The van der Waals surface area contributed by atoms with Crippen LogP contribution in [0.3, 0.4) is 0 Å². The van der Waals surface area contributed by atoms with Crippen LogP contribution in [0.15, 0.2) is 18.2 Å². The molecule has 1 amide bonds. The van der Waals surface area contributed by atoms with Crippen molar-refractivity contribution in [1.82, 2.24) is 5.32 Å². The van der Waals surface area contributed by atoms with Gasteiger partial charge in [0, 0.05) is 13.0 Å². The van der Waals surface area contributed by atoms with Crippen molar-refractivity contribution in [2.75, 3.05) is 6.54 Å². The molecule has 0 aliphatic carbocycles. The molecule has 2 atom stereocenters. The summed E-state index contributed by atoms with van der Waals surface area (Å²) in [6.07, 6.45) is 0.490. The predicted octanol–water partition coefficient (Wildman–Crippen LogP) is 2.42. The van der Waals surface area contributed by atoms with Gasteiger partial charge in [0.1, 0.15) is 11.6 Å².